The van der Waals surface area contributed by atoms with Crippen molar-refractivity contribution in [1.29, 1.82) is 0 Å². The van der Waals surface area contributed by atoms with Crippen molar-refractivity contribution < 1.29 is 17.6 Å². The van der Waals surface area contributed by atoms with E-state index in [2.05, 4.69) is 5.32 Å². The van der Waals surface area contributed by atoms with E-state index in [1.165, 1.54) is 12.1 Å². The molecule has 100 valence electrons. The van der Waals surface area contributed by atoms with E-state index in [1.54, 1.807) is 6.92 Å². The van der Waals surface area contributed by atoms with Crippen LogP contribution in [0.4, 0.5) is 4.39 Å². The third kappa shape index (κ3) is 4.10. The van der Waals surface area contributed by atoms with Gasteiger partial charge in [-0.1, -0.05) is 13.0 Å². The van der Waals surface area contributed by atoms with Crippen LogP contribution >= 0.6 is 0 Å². The number of benzene rings is 1. The van der Waals surface area contributed by atoms with Crippen LogP contribution in [0.25, 0.3) is 0 Å². The largest absolute Gasteiger partial charge is 0.353 e. The standard InChI is InChI=1S/C12H16FNO3S/c1-3-9(2)14-12(15)8-18(16,17)11-6-4-5-10(13)7-11/h4-7,9H,3,8H2,1-2H3,(H,14,15). The molecule has 0 radical (unpaired) electrons. The Morgan fingerprint density at radius 1 is 1.44 bits per heavy atom. The maximum atomic E-state index is 12.9. The van der Waals surface area contributed by atoms with E-state index in [9.17, 15) is 17.6 Å². The quantitative estimate of drug-likeness (QED) is 0.884. The van der Waals surface area contributed by atoms with E-state index in [0.717, 1.165) is 12.1 Å². The van der Waals surface area contributed by atoms with Crippen LogP contribution in [0.1, 0.15) is 20.3 Å². The highest BCUT2D eigenvalue weighted by atomic mass is 32.2. The van der Waals surface area contributed by atoms with Crippen molar-refractivity contribution in [3.05, 3.63) is 30.1 Å². The Morgan fingerprint density at radius 2 is 2.11 bits per heavy atom. The Balaban J connectivity index is 2.80. The van der Waals surface area contributed by atoms with Gasteiger partial charge in [-0.15, -0.1) is 0 Å². The summed E-state index contributed by atoms with van der Waals surface area (Å²) >= 11 is 0. The number of hydrogen-bond acceptors (Lipinski definition) is 3. The molecule has 0 heterocycles. The molecule has 0 saturated heterocycles. The Morgan fingerprint density at radius 3 is 2.67 bits per heavy atom. The molecule has 0 aromatic heterocycles. The molecule has 0 aliphatic rings. The molecule has 0 fully saturated rings. The van der Waals surface area contributed by atoms with Gasteiger partial charge in [-0.2, -0.15) is 0 Å². The van der Waals surface area contributed by atoms with Gasteiger partial charge in [0.05, 0.1) is 4.90 Å². The summed E-state index contributed by atoms with van der Waals surface area (Å²) < 4.78 is 36.6. The van der Waals surface area contributed by atoms with E-state index in [4.69, 9.17) is 0 Å². The van der Waals surface area contributed by atoms with Gasteiger partial charge in [-0.05, 0) is 31.5 Å². The summed E-state index contributed by atoms with van der Waals surface area (Å²) in [6.07, 6.45) is 0.714. The van der Waals surface area contributed by atoms with Gasteiger partial charge in [0.1, 0.15) is 11.6 Å². The summed E-state index contributed by atoms with van der Waals surface area (Å²) in [6, 6.07) is 4.55. The molecule has 18 heavy (non-hydrogen) atoms. The summed E-state index contributed by atoms with van der Waals surface area (Å²) in [7, 11) is -3.79. The molecule has 6 heteroatoms. The van der Waals surface area contributed by atoms with Gasteiger partial charge in [0, 0.05) is 6.04 Å². The van der Waals surface area contributed by atoms with E-state index in [1.807, 2.05) is 6.92 Å². The fourth-order valence-electron chi connectivity index (χ4n) is 1.33. The molecule has 1 unspecified atom stereocenters. The van der Waals surface area contributed by atoms with Crippen molar-refractivity contribution in [2.75, 3.05) is 5.75 Å². The summed E-state index contributed by atoms with van der Waals surface area (Å²) in [5.74, 6) is -1.88. The molecule has 4 nitrogen and oxygen atoms in total. The minimum absolute atomic E-state index is 0.0831. The van der Waals surface area contributed by atoms with Crippen molar-refractivity contribution in [3.8, 4) is 0 Å². The zero-order valence-corrected chi connectivity index (χ0v) is 11.1. The predicted molar refractivity (Wildman–Crippen MR) is 66.3 cm³/mol. The summed E-state index contributed by atoms with van der Waals surface area (Å²) in [5.41, 5.74) is 0. The first-order valence-corrected chi connectivity index (χ1v) is 7.28. The highest BCUT2D eigenvalue weighted by Gasteiger charge is 2.20. The maximum Gasteiger partial charge on any atom is 0.235 e. The molecule has 1 rings (SSSR count). The lowest BCUT2D eigenvalue weighted by molar-refractivity contribution is -0.119. The minimum atomic E-state index is -3.79. The topological polar surface area (TPSA) is 63.2 Å². The molecule has 0 saturated carbocycles. The van der Waals surface area contributed by atoms with Gasteiger partial charge in [0.25, 0.3) is 0 Å². The fourth-order valence-corrected chi connectivity index (χ4v) is 2.51. The molecule has 1 aromatic carbocycles. The van der Waals surface area contributed by atoms with E-state index in [-0.39, 0.29) is 10.9 Å². The Labute approximate surface area is 106 Å². The van der Waals surface area contributed by atoms with E-state index < -0.39 is 27.3 Å². The fraction of sp³-hybridized carbons (Fsp3) is 0.417. The number of hydrogen-bond donors (Lipinski definition) is 1. The zero-order valence-electron chi connectivity index (χ0n) is 10.3. The number of sulfone groups is 1. The lowest BCUT2D eigenvalue weighted by Gasteiger charge is -2.11. The summed E-state index contributed by atoms with van der Waals surface area (Å²) in [4.78, 5) is 11.3. The predicted octanol–water partition coefficient (Wildman–Crippen LogP) is 1.51. The lowest BCUT2D eigenvalue weighted by Crippen LogP contribution is -2.36. The third-order valence-electron chi connectivity index (χ3n) is 2.50. The maximum absolute atomic E-state index is 12.9. The molecule has 0 aliphatic heterocycles. The van der Waals surface area contributed by atoms with Crippen molar-refractivity contribution in [2.45, 2.75) is 31.2 Å². The molecular formula is C12H16FNO3S. The zero-order chi connectivity index (χ0) is 13.8. The highest BCUT2D eigenvalue weighted by molar-refractivity contribution is 7.92. The second-order valence-electron chi connectivity index (χ2n) is 4.09. The average molecular weight is 273 g/mol. The summed E-state index contributed by atoms with van der Waals surface area (Å²) in [5, 5.41) is 2.56. The van der Waals surface area contributed by atoms with Crippen molar-refractivity contribution in [1.82, 2.24) is 5.32 Å². The van der Waals surface area contributed by atoms with E-state index >= 15 is 0 Å². The number of carbonyl (C=O) groups excluding carboxylic acids is 1. The van der Waals surface area contributed by atoms with Crippen molar-refractivity contribution in [3.63, 3.8) is 0 Å². The molecule has 0 aliphatic carbocycles. The van der Waals surface area contributed by atoms with Gasteiger partial charge in [0.15, 0.2) is 9.84 Å². The van der Waals surface area contributed by atoms with Crippen LogP contribution in [-0.4, -0.2) is 26.1 Å². The van der Waals surface area contributed by atoms with Crippen LogP contribution in [0.15, 0.2) is 29.2 Å². The van der Waals surface area contributed by atoms with Crippen LogP contribution in [0.5, 0.6) is 0 Å². The monoisotopic (exact) mass is 273 g/mol. The number of rotatable bonds is 5. The second kappa shape index (κ2) is 5.95. The lowest BCUT2D eigenvalue weighted by atomic mass is 10.3. The van der Waals surface area contributed by atoms with Crippen molar-refractivity contribution in [2.24, 2.45) is 0 Å². The number of halogens is 1. The molecule has 1 atom stereocenters. The van der Waals surface area contributed by atoms with Crippen LogP contribution in [0.2, 0.25) is 0 Å². The van der Waals surface area contributed by atoms with Crippen molar-refractivity contribution >= 4 is 15.7 Å². The Bertz CT molecular complexity index is 528. The van der Waals surface area contributed by atoms with Crippen LogP contribution in [0, 0.1) is 5.82 Å². The molecule has 1 N–H and O–H groups in total. The summed E-state index contributed by atoms with van der Waals surface area (Å²) in [6.45, 7) is 3.67. The van der Waals surface area contributed by atoms with Gasteiger partial charge in [-0.3, -0.25) is 4.79 Å². The van der Waals surface area contributed by atoms with Gasteiger partial charge in [0.2, 0.25) is 5.91 Å². The minimum Gasteiger partial charge on any atom is -0.353 e. The van der Waals surface area contributed by atoms with Gasteiger partial charge >= 0.3 is 0 Å². The molecule has 1 aromatic rings. The first-order valence-electron chi connectivity index (χ1n) is 5.63. The number of nitrogens with one attached hydrogen (secondary N) is 1. The Hall–Kier alpha value is -1.43. The molecule has 1 amide bonds. The van der Waals surface area contributed by atoms with Crippen LogP contribution in [0.3, 0.4) is 0 Å². The Kier molecular flexibility index (Phi) is 4.84. The average Bonchev–Trinajstić information content (AvgIpc) is 2.28. The normalized spacial score (nSPS) is 13.1. The molecule has 0 bridgehead atoms. The van der Waals surface area contributed by atoms with Crippen LogP contribution in [-0.2, 0) is 14.6 Å². The molecular weight excluding hydrogens is 257 g/mol. The number of carbonyl (C=O) groups is 1. The highest BCUT2D eigenvalue weighted by Crippen LogP contribution is 2.12. The van der Waals surface area contributed by atoms with Gasteiger partial charge < -0.3 is 5.32 Å². The first-order chi connectivity index (χ1) is 8.35. The molecule has 0 spiro atoms. The second-order valence-corrected chi connectivity index (χ2v) is 6.08. The number of amides is 1. The van der Waals surface area contributed by atoms with Crippen LogP contribution < -0.4 is 5.32 Å². The van der Waals surface area contributed by atoms with E-state index in [0.29, 0.717) is 6.42 Å². The SMILES string of the molecule is CCC(C)NC(=O)CS(=O)(=O)c1cccc(F)c1. The first kappa shape index (κ1) is 14.6. The smallest absolute Gasteiger partial charge is 0.235 e. The van der Waals surface area contributed by atoms with Gasteiger partial charge in [-0.25, -0.2) is 12.8 Å². The third-order valence-corrected chi connectivity index (χ3v) is 4.11.